The minimum Gasteiger partial charge on any atom is -0.490 e. The lowest BCUT2D eigenvalue weighted by molar-refractivity contribution is -0.131. The Balaban J connectivity index is 2.46. The summed E-state index contributed by atoms with van der Waals surface area (Å²) in [7, 11) is 0. The van der Waals surface area contributed by atoms with E-state index >= 15 is 0 Å². The van der Waals surface area contributed by atoms with E-state index in [-0.39, 0.29) is 18.4 Å². The van der Waals surface area contributed by atoms with Crippen molar-refractivity contribution in [1.29, 1.82) is 0 Å². The quantitative estimate of drug-likeness (QED) is 0.716. The van der Waals surface area contributed by atoms with Crippen molar-refractivity contribution in [2.75, 3.05) is 26.3 Å². The van der Waals surface area contributed by atoms with Gasteiger partial charge in [0.15, 0.2) is 11.5 Å². The minimum atomic E-state index is -0.502. The molecular formula is C19H30N2O4. The number of carbonyl (C=O) groups excluding carboxylic acids is 2. The number of hydrogen-bond donors (Lipinski definition) is 2. The summed E-state index contributed by atoms with van der Waals surface area (Å²) < 4.78 is 11.1. The summed E-state index contributed by atoms with van der Waals surface area (Å²) in [6.07, 6.45) is 0.672. The fourth-order valence-electron chi connectivity index (χ4n) is 2.09. The van der Waals surface area contributed by atoms with Crippen LogP contribution in [0.2, 0.25) is 0 Å². The molecule has 6 heteroatoms. The van der Waals surface area contributed by atoms with Crippen LogP contribution in [0.15, 0.2) is 18.2 Å². The van der Waals surface area contributed by atoms with E-state index < -0.39 is 5.41 Å². The van der Waals surface area contributed by atoms with Gasteiger partial charge in [0, 0.05) is 12.0 Å². The Morgan fingerprint density at radius 3 is 2.24 bits per heavy atom. The Bertz CT molecular complexity index is 579. The third-order valence-corrected chi connectivity index (χ3v) is 3.43. The molecule has 2 amide bonds. The van der Waals surface area contributed by atoms with Gasteiger partial charge < -0.3 is 20.1 Å². The predicted octanol–water partition coefficient (Wildman–Crippen LogP) is 2.30. The van der Waals surface area contributed by atoms with E-state index in [9.17, 15) is 9.59 Å². The van der Waals surface area contributed by atoms with E-state index in [2.05, 4.69) is 10.6 Å². The lowest BCUT2D eigenvalue weighted by atomic mass is 9.96. The Hall–Kier alpha value is -2.24. The highest BCUT2D eigenvalue weighted by atomic mass is 16.5. The molecule has 1 aromatic rings. The number of amides is 2. The molecule has 140 valence electrons. The molecule has 1 rings (SSSR count). The standard InChI is InChI=1S/C19H30N2O4/c1-6-24-15-9-8-14(12-16(15)25-7-2)10-11-20-17(22)13-21-18(23)19(3,4)5/h8-9,12H,6-7,10-11,13H2,1-5H3,(H,20,22)(H,21,23). The van der Waals surface area contributed by atoms with Crippen LogP contribution in [0.25, 0.3) is 0 Å². The van der Waals surface area contributed by atoms with E-state index in [1.807, 2.05) is 52.8 Å². The SMILES string of the molecule is CCOc1ccc(CCNC(=O)CNC(=O)C(C)(C)C)cc1OCC. The zero-order valence-corrected chi connectivity index (χ0v) is 15.9. The lowest BCUT2D eigenvalue weighted by Gasteiger charge is -2.17. The van der Waals surface area contributed by atoms with Gasteiger partial charge >= 0.3 is 0 Å². The zero-order valence-electron chi connectivity index (χ0n) is 15.9. The first-order chi connectivity index (χ1) is 11.8. The van der Waals surface area contributed by atoms with Gasteiger partial charge in [0.2, 0.25) is 11.8 Å². The zero-order chi connectivity index (χ0) is 18.9. The second kappa shape index (κ2) is 9.91. The van der Waals surface area contributed by atoms with Crippen LogP contribution in [0.3, 0.4) is 0 Å². The maximum Gasteiger partial charge on any atom is 0.239 e. The van der Waals surface area contributed by atoms with Crippen LogP contribution in [-0.2, 0) is 16.0 Å². The van der Waals surface area contributed by atoms with Crippen LogP contribution in [-0.4, -0.2) is 38.1 Å². The summed E-state index contributed by atoms with van der Waals surface area (Å²) in [5.41, 5.74) is 0.545. The molecule has 0 radical (unpaired) electrons. The second-order valence-corrected chi connectivity index (χ2v) is 6.68. The van der Waals surface area contributed by atoms with Crippen molar-refractivity contribution in [3.63, 3.8) is 0 Å². The van der Waals surface area contributed by atoms with Crippen molar-refractivity contribution >= 4 is 11.8 Å². The van der Waals surface area contributed by atoms with Gasteiger partial charge in [-0.1, -0.05) is 26.8 Å². The Labute approximate surface area is 150 Å². The highest BCUT2D eigenvalue weighted by molar-refractivity contribution is 5.87. The van der Waals surface area contributed by atoms with Crippen LogP contribution >= 0.6 is 0 Å². The Kier molecular flexibility index (Phi) is 8.25. The first kappa shape index (κ1) is 20.8. The molecule has 0 saturated carbocycles. The first-order valence-corrected chi connectivity index (χ1v) is 8.71. The third kappa shape index (κ3) is 7.45. The Morgan fingerprint density at radius 2 is 1.64 bits per heavy atom. The number of nitrogens with one attached hydrogen (secondary N) is 2. The van der Waals surface area contributed by atoms with Crippen LogP contribution in [0.5, 0.6) is 11.5 Å². The molecule has 0 unspecified atom stereocenters. The summed E-state index contributed by atoms with van der Waals surface area (Å²) in [4.78, 5) is 23.5. The monoisotopic (exact) mass is 350 g/mol. The molecule has 6 nitrogen and oxygen atoms in total. The largest absolute Gasteiger partial charge is 0.490 e. The van der Waals surface area contributed by atoms with Crippen molar-refractivity contribution < 1.29 is 19.1 Å². The predicted molar refractivity (Wildman–Crippen MR) is 98.0 cm³/mol. The van der Waals surface area contributed by atoms with Crippen LogP contribution in [0.1, 0.15) is 40.2 Å². The Morgan fingerprint density at radius 1 is 1.00 bits per heavy atom. The molecule has 0 aliphatic carbocycles. The summed E-state index contributed by atoms with van der Waals surface area (Å²) in [5.74, 6) is 1.09. The number of hydrogen-bond acceptors (Lipinski definition) is 4. The van der Waals surface area contributed by atoms with E-state index in [1.54, 1.807) is 0 Å². The molecule has 0 atom stereocenters. The molecule has 0 spiro atoms. The van der Waals surface area contributed by atoms with Crippen molar-refractivity contribution in [1.82, 2.24) is 10.6 Å². The van der Waals surface area contributed by atoms with Crippen molar-refractivity contribution in [2.24, 2.45) is 5.41 Å². The number of benzene rings is 1. The van der Waals surface area contributed by atoms with Crippen molar-refractivity contribution in [3.05, 3.63) is 23.8 Å². The molecule has 2 N–H and O–H groups in total. The van der Waals surface area contributed by atoms with E-state index in [0.29, 0.717) is 31.9 Å². The summed E-state index contributed by atoms with van der Waals surface area (Å²) in [5, 5.41) is 5.43. The van der Waals surface area contributed by atoms with Crippen LogP contribution in [0.4, 0.5) is 0 Å². The van der Waals surface area contributed by atoms with Gasteiger partial charge in [0.05, 0.1) is 19.8 Å². The summed E-state index contributed by atoms with van der Waals surface area (Å²) in [6.45, 7) is 10.9. The molecule has 0 heterocycles. The van der Waals surface area contributed by atoms with Gasteiger partial charge in [0.25, 0.3) is 0 Å². The fourth-order valence-corrected chi connectivity index (χ4v) is 2.09. The molecule has 0 bridgehead atoms. The van der Waals surface area contributed by atoms with Crippen LogP contribution < -0.4 is 20.1 Å². The van der Waals surface area contributed by atoms with Crippen molar-refractivity contribution in [2.45, 2.75) is 41.0 Å². The van der Waals surface area contributed by atoms with E-state index in [1.165, 1.54) is 0 Å². The maximum atomic E-state index is 11.8. The molecular weight excluding hydrogens is 320 g/mol. The first-order valence-electron chi connectivity index (χ1n) is 8.71. The number of carbonyl (C=O) groups is 2. The lowest BCUT2D eigenvalue weighted by Crippen LogP contribution is -2.42. The normalized spacial score (nSPS) is 10.9. The van der Waals surface area contributed by atoms with E-state index in [4.69, 9.17) is 9.47 Å². The van der Waals surface area contributed by atoms with Gasteiger partial charge in [-0.15, -0.1) is 0 Å². The second-order valence-electron chi connectivity index (χ2n) is 6.68. The summed E-state index contributed by atoms with van der Waals surface area (Å²) in [6, 6.07) is 5.78. The van der Waals surface area contributed by atoms with Crippen LogP contribution in [0, 0.1) is 5.41 Å². The third-order valence-electron chi connectivity index (χ3n) is 3.43. The number of rotatable bonds is 9. The molecule has 0 aromatic heterocycles. The van der Waals surface area contributed by atoms with Crippen molar-refractivity contribution in [3.8, 4) is 11.5 Å². The molecule has 25 heavy (non-hydrogen) atoms. The molecule has 0 aliphatic rings. The smallest absolute Gasteiger partial charge is 0.239 e. The minimum absolute atomic E-state index is 0.0103. The number of ether oxygens (including phenoxy) is 2. The average Bonchev–Trinajstić information content (AvgIpc) is 2.54. The van der Waals surface area contributed by atoms with Gasteiger partial charge in [-0.25, -0.2) is 0 Å². The molecule has 0 aliphatic heterocycles. The van der Waals surface area contributed by atoms with Gasteiger partial charge in [0.1, 0.15) is 0 Å². The highest BCUT2D eigenvalue weighted by Gasteiger charge is 2.21. The maximum absolute atomic E-state index is 11.8. The fraction of sp³-hybridized carbons (Fsp3) is 0.579. The topological polar surface area (TPSA) is 76.7 Å². The van der Waals surface area contributed by atoms with Gasteiger partial charge in [-0.2, -0.15) is 0 Å². The van der Waals surface area contributed by atoms with E-state index in [0.717, 1.165) is 11.3 Å². The summed E-state index contributed by atoms with van der Waals surface area (Å²) >= 11 is 0. The van der Waals surface area contributed by atoms with Gasteiger partial charge in [-0.05, 0) is 38.0 Å². The van der Waals surface area contributed by atoms with Gasteiger partial charge in [-0.3, -0.25) is 9.59 Å². The molecule has 0 saturated heterocycles. The molecule has 0 fully saturated rings. The average molecular weight is 350 g/mol. The molecule has 1 aromatic carbocycles. The highest BCUT2D eigenvalue weighted by Crippen LogP contribution is 2.28.